The summed E-state index contributed by atoms with van der Waals surface area (Å²) in [7, 11) is 1.59. The maximum atomic E-state index is 12.4. The number of morpholine rings is 1. The Morgan fingerprint density at radius 2 is 1.85 bits per heavy atom. The first-order valence-corrected chi connectivity index (χ1v) is 8.94. The van der Waals surface area contributed by atoms with Crippen LogP contribution in [0.15, 0.2) is 42.5 Å². The van der Waals surface area contributed by atoms with Crippen LogP contribution in [0.4, 0.5) is 11.4 Å². The van der Waals surface area contributed by atoms with Gasteiger partial charge in [0.15, 0.2) is 0 Å². The number of nitrogens with one attached hydrogen (secondary N) is 1. The molecule has 1 fully saturated rings. The largest absolute Gasteiger partial charge is 0.378 e. The summed E-state index contributed by atoms with van der Waals surface area (Å²) in [5, 5.41) is 2.82. The van der Waals surface area contributed by atoms with Crippen molar-refractivity contribution in [2.75, 3.05) is 50.1 Å². The van der Waals surface area contributed by atoms with Crippen molar-refractivity contribution in [1.82, 2.24) is 9.88 Å². The molecule has 0 unspecified atom stereocenters. The molecule has 3 rings (SSSR count). The van der Waals surface area contributed by atoms with Crippen molar-refractivity contribution in [2.24, 2.45) is 0 Å². The predicted octanol–water partition coefficient (Wildman–Crippen LogP) is 1.94. The van der Waals surface area contributed by atoms with E-state index in [-0.39, 0.29) is 18.4 Å². The van der Waals surface area contributed by atoms with Crippen LogP contribution in [-0.4, -0.2) is 61.6 Å². The minimum absolute atomic E-state index is 0.0420. The number of aryl methyl sites for hydroxylation is 1. The SMILES string of the molecule is Cc1cccc(C(=O)N(C)CC(=O)Nc2ccc(N3CCOCC3)cc2)n1. The number of benzene rings is 1. The van der Waals surface area contributed by atoms with Crippen molar-refractivity contribution >= 4 is 23.2 Å². The lowest BCUT2D eigenvalue weighted by atomic mass is 10.2. The third-order valence-electron chi connectivity index (χ3n) is 4.36. The van der Waals surface area contributed by atoms with Gasteiger partial charge in [-0.05, 0) is 43.3 Å². The molecule has 0 atom stereocenters. The minimum Gasteiger partial charge on any atom is -0.378 e. The molecule has 0 bridgehead atoms. The smallest absolute Gasteiger partial charge is 0.272 e. The molecule has 1 aliphatic heterocycles. The molecule has 2 heterocycles. The third-order valence-corrected chi connectivity index (χ3v) is 4.36. The molecule has 0 saturated carbocycles. The molecular formula is C20H24N4O3. The molecule has 1 aliphatic rings. The van der Waals surface area contributed by atoms with Crippen molar-refractivity contribution < 1.29 is 14.3 Å². The zero-order valence-corrected chi connectivity index (χ0v) is 15.6. The summed E-state index contributed by atoms with van der Waals surface area (Å²) in [4.78, 5) is 32.4. The summed E-state index contributed by atoms with van der Waals surface area (Å²) in [6.07, 6.45) is 0. The number of carbonyl (C=O) groups is 2. The molecule has 142 valence electrons. The Hall–Kier alpha value is -2.93. The molecule has 7 nitrogen and oxygen atoms in total. The van der Waals surface area contributed by atoms with Gasteiger partial charge in [-0.3, -0.25) is 9.59 Å². The van der Waals surface area contributed by atoms with E-state index in [1.54, 1.807) is 19.2 Å². The Bertz CT molecular complexity index is 801. The topological polar surface area (TPSA) is 74.8 Å². The van der Waals surface area contributed by atoms with E-state index in [0.29, 0.717) is 11.4 Å². The van der Waals surface area contributed by atoms with Crippen LogP contribution in [0.25, 0.3) is 0 Å². The number of nitrogens with zero attached hydrogens (tertiary/aromatic N) is 3. The van der Waals surface area contributed by atoms with Gasteiger partial charge in [-0.15, -0.1) is 0 Å². The first-order chi connectivity index (χ1) is 13.0. The van der Waals surface area contributed by atoms with E-state index in [4.69, 9.17) is 4.74 Å². The van der Waals surface area contributed by atoms with Gasteiger partial charge >= 0.3 is 0 Å². The second kappa shape index (κ2) is 8.64. The number of hydrogen-bond donors (Lipinski definition) is 1. The average molecular weight is 368 g/mol. The number of pyridine rings is 1. The van der Waals surface area contributed by atoms with Gasteiger partial charge in [-0.25, -0.2) is 4.98 Å². The summed E-state index contributed by atoms with van der Waals surface area (Å²) >= 11 is 0. The van der Waals surface area contributed by atoms with Crippen LogP contribution in [0.1, 0.15) is 16.2 Å². The highest BCUT2D eigenvalue weighted by Crippen LogP contribution is 2.19. The van der Waals surface area contributed by atoms with Gasteiger partial charge < -0.3 is 19.9 Å². The van der Waals surface area contributed by atoms with Crippen LogP contribution in [0, 0.1) is 6.92 Å². The number of aromatic nitrogens is 1. The normalized spacial score (nSPS) is 13.9. The molecule has 27 heavy (non-hydrogen) atoms. The maximum absolute atomic E-state index is 12.4. The van der Waals surface area contributed by atoms with Crippen molar-refractivity contribution in [2.45, 2.75) is 6.92 Å². The summed E-state index contributed by atoms with van der Waals surface area (Å²) in [6.45, 7) is 4.98. The highest BCUT2D eigenvalue weighted by Gasteiger charge is 2.16. The number of amides is 2. The summed E-state index contributed by atoms with van der Waals surface area (Å²) < 4.78 is 5.36. The molecule has 2 amide bonds. The van der Waals surface area contributed by atoms with Crippen LogP contribution in [-0.2, 0) is 9.53 Å². The van der Waals surface area contributed by atoms with E-state index in [2.05, 4.69) is 15.2 Å². The fraction of sp³-hybridized carbons (Fsp3) is 0.350. The van der Waals surface area contributed by atoms with Crippen LogP contribution in [0.2, 0.25) is 0 Å². The minimum atomic E-state index is -0.281. The van der Waals surface area contributed by atoms with Gasteiger partial charge in [0.1, 0.15) is 5.69 Å². The molecule has 2 aromatic rings. The molecular weight excluding hydrogens is 344 g/mol. The number of anilines is 2. The highest BCUT2D eigenvalue weighted by atomic mass is 16.5. The Labute approximate surface area is 158 Å². The number of hydrogen-bond acceptors (Lipinski definition) is 5. The van der Waals surface area contributed by atoms with Gasteiger partial charge in [0, 0.05) is 37.2 Å². The van der Waals surface area contributed by atoms with Crippen LogP contribution in [0.3, 0.4) is 0 Å². The summed E-state index contributed by atoms with van der Waals surface area (Å²) in [5.41, 5.74) is 2.90. The second-order valence-corrected chi connectivity index (χ2v) is 6.52. The van der Waals surface area contributed by atoms with Gasteiger partial charge in [-0.1, -0.05) is 6.07 Å². The van der Waals surface area contributed by atoms with Crippen molar-refractivity contribution in [3.63, 3.8) is 0 Å². The predicted molar refractivity (Wildman–Crippen MR) is 104 cm³/mol. The molecule has 1 saturated heterocycles. The van der Waals surface area contributed by atoms with Crippen LogP contribution in [0.5, 0.6) is 0 Å². The first-order valence-electron chi connectivity index (χ1n) is 8.94. The standard InChI is InChI=1S/C20H24N4O3/c1-15-4-3-5-18(21-15)20(26)23(2)14-19(25)22-16-6-8-17(9-7-16)24-10-12-27-13-11-24/h3-9H,10-14H2,1-2H3,(H,22,25). The zero-order valence-electron chi connectivity index (χ0n) is 15.6. The molecule has 7 heteroatoms. The lowest BCUT2D eigenvalue weighted by Crippen LogP contribution is -2.36. The Balaban J connectivity index is 1.54. The number of rotatable bonds is 5. The molecule has 0 radical (unpaired) electrons. The van der Waals surface area contributed by atoms with E-state index >= 15 is 0 Å². The maximum Gasteiger partial charge on any atom is 0.272 e. The Morgan fingerprint density at radius 3 is 2.52 bits per heavy atom. The zero-order chi connectivity index (χ0) is 19.2. The van der Waals surface area contributed by atoms with Gasteiger partial charge in [0.2, 0.25) is 5.91 Å². The Kier molecular flexibility index (Phi) is 6.03. The highest BCUT2D eigenvalue weighted by molar-refractivity contribution is 5.98. The lowest BCUT2D eigenvalue weighted by molar-refractivity contribution is -0.116. The van der Waals surface area contributed by atoms with Gasteiger partial charge in [0.05, 0.1) is 19.8 Å². The number of carbonyl (C=O) groups excluding carboxylic acids is 2. The van der Waals surface area contributed by atoms with Crippen molar-refractivity contribution in [3.8, 4) is 0 Å². The molecule has 1 N–H and O–H groups in total. The Morgan fingerprint density at radius 1 is 1.15 bits per heavy atom. The molecule has 1 aromatic carbocycles. The fourth-order valence-electron chi connectivity index (χ4n) is 2.92. The lowest BCUT2D eigenvalue weighted by Gasteiger charge is -2.28. The summed E-state index contributed by atoms with van der Waals surface area (Å²) in [6, 6.07) is 12.9. The fourth-order valence-corrected chi connectivity index (χ4v) is 2.92. The number of likely N-dealkylation sites (N-methyl/N-ethyl adjacent to an activating group) is 1. The van der Waals surface area contributed by atoms with E-state index < -0.39 is 0 Å². The molecule has 0 aliphatic carbocycles. The van der Waals surface area contributed by atoms with E-state index in [1.165, 1.54) is 4.90 Å². The van der Waals surface area contributed by atoms with E-state index in [1.807, 2.05) is 37.3 Å². The number of ether oxygens (including phenoxy) is 1. The van der Waals surface area contributed by atoms with E-state index in [0.717, 1.165) is 37.7 Å². The van der Waals surface area contributed by atoms with Crippen molar-refractivity contribution in [1.29, 1.82) is 0 Å². The first kappa shape index (κ1) is 18.8. The molecule has 0 spiro atoms. The quantitative estimate of drug-likeness (QED) is 0.873. The van der Waals surface area contributed by atoms with Crippen LogP contribution >= 0.6 is 0 Å². The van der Waals surface area contributed by atoms with E-state index in [9.17, 15) is 9.59 Å². The monoisotopic (exact) mass is 368 g/mol. The van der Waals surface area contributed by atoms with Crippen molar-refractivity contribution in [3.05, 3.63) is 53.9 Å². The second-order valence-electron chi connectivity index (χ2n) is 6.52. The average Bonchev–Trinajstić information content (AvgIpc) is 2.68. The summed E-state index contributed by atoms with van der Waals surface area (Å²) in [5.74, 6) is -0.533. The van der Waals surface area contributed by atoms with Gasteiger partial charge in [0.25, 0.3) is 5.91 Å². The molecule has 1 aromatic heterocycles. The van der Waals surface area contributed by atoms with Crippen LogP contribution < -0.4 is 10.2 Å². The third kappa shape index (κ3) is 5.04. The van der Waals surface area contributed by atoms with Gasteiger partial charge in [-0.2, -0.15) is 0 Å².